The molecule has 0 N–H and O–H groups in total. The van der Waals surface area contributed by atoms with E-state index in [-0.39, 0.29) is 11.7 Å². The molecule has 0 bridgehead atoms. The standard InChI is InChI=1S/C26H16BrN5O4/c27-19-11-13-22-21(15-19)24(17-7-3-1-4-8-17)30-26(29-22)31(25(33)18-9-5-2-6-10-18)28-16-20-12-14-23(36-20)32(34)35/h1-16H/b28-16-. The number of hydrogen-bond donors (Lipinski definition) is 0. The number of fused-ring (bicyclic) bond motifs is 1. The summed E-state index contributed by atoms with van der Waals surface area (Å²) >= 11 is 3.50. The van der Waals surface area contributed by atoms with Crippen molar-refractivity contribution in [2.24, 2.45) is 5.10 Å². The molecule has 0 unspecified atom stereocenters. The molecule has 0 radical (unpaired) electrons. The highest BCUT2D eigenvalue weighted by Crippen LogP contribution is 2.31. The third-order valence-electron chi connectivity index (χ3n) is 5.19. The zero-order valence-corrected chi connectivity index (χ0v) is 20.1. The maximum atomic E-state index is 13.5. The van der Waals surface area contributed by atoms with E-state index in [1.807, 2.05) is 48.5 Å². The fourth-order valence-electron chi connectivity index (χ4n) is 3.52. The Hall–Kier alpha value is -4.70. The predicted molar refractivity (Wildman–Crippen MR) is 139 cm³/mol. The predicted octanol–water partition coefficient (Wildman–Crippen LogP) is 6.24. The molecule has 0 fully saturated rings. The first kappa shape index (κ1) is 23.1. The SMILES string of the molecule is O=C(c1ccccc1)N(/N=C\c1ccc([N+](=O)[O-])o1)c1nc(-c2ccccc2)c2cc(Br)ccc2n1. The number of amides is 1. The van der Waals surface area contributed by atoms with E-state index in [0.717, 1.165) is 20.4 Å². The highest BCUT2D eigenvalue weighted by Gasteiger charge is 2.22. The van der Waals surface area contributed by atoms with Crippen LogP contribution < -0.4 is 5.01 Å². The van der Waals surface area contributed by atoms with Crippen LogP contribution in [0.15, 0.2) is 105 Å². The molecule has 176 valence electrons. The van der Waals surface area contributed by atoms with Gasteiger partial charge in [0.25, 0.3) is 11.9 Å². The molecule has 5 rings (SSSR count). The van der Waals surface area contributed by atoms with E-state index in [1.165, 1.54) is 18.3 Å². The van der Waals surface area contributed by atoms with E-state index in [0.29, 0.717) is 16.8 Å². The van der Waals surface area contributed by atoms with E-state index < -0.39 is 16.7 Å². The smallest absolute Gasteiger partial charge is 0.400 e. The number of hydrazone groups is 1. The fraction of sp³-hybridized carbons (Fsp3) is 0. The molecule has 10 heteroatoms. The van der Waals surface area contributed by atoms with Crippen LogP contribution in [-0.2, 0) is 0 Å². The van der Waals surface area contributed by atoms with Crippen molar-refractivity contribution in [1.29, 1.82) is 0 Å². The monoisotopic (exact) mass is 541 g/mol. The highest BCUT2D eigenvalue weighted by atomic mass is 79.9. The maximum absolute atomic E-state index is 13.5. The summed E-state index contributed by atoms with van der Waals surface area (Å²) in [4.78, 5) is 33.2. The zero-order chi connectivity index (χ0) is 25.1. The molecule has 0 saturated heterocycles. The van der Waals surface area contributed by atoms with Crippen LogP contribution >= 0.6 is 15.9 Å². The lowest BCUT2D eigenvalue weighted by Crippen LogP contribution is -2.27. The fourth-order valence-corrected chi connectivity index (χ4v) is 3.88. The molecule has 2 aromatic heterocycles. The van der Waals surface area contributed by atoms with E-state index in [9.17, 15) is 14.9 Å². The number of carbonyl (C=O) groups is 1. The zero-order valence-electron chi connectivity index (χ0n) is 18.5. The van der Waals surface area contributed by atoms with Gasteiger partial charge >= 0.3 is 5.88 Å². The van der Waals surface area contributed by atoms with Crippen LogP contribution in [0, 0.1) is 10.1 Å². The lowest BCUT2D eigenvalue weighted by atomic mass is 10.1. The molecule has 0 atom stereocenters. The Labute approximate surface area is 213 Å². The summed E-state index contributed by atoms with van der Waals surface area (Å²) in [5, 5.41) is 17.1. The van der Waals surface area contributed by atoms with E-state index in [1.54, 1.807) is 30.3 Å². The third-order valence-corrected chi connectivity index (χ3v) is 5.68. The Morgan fingerprint density at radius 2 is 1.69 bits per heavy atom. The molecule has 3 aromatic carbocycles. The molecule has 0 spiro atoms. The van der Waals surface area contributed by atoms with Crippen LogP contribution in [-0.4, -0.2) is 27.0 Å². The lowest BCUT2D eigenvalue weighted by molar-refractivity contribution is -0.402. The van der Waals surface area contributed by atoms with E-state index in [2.05, 4.69) is 26.0 Å². The van der Waals surface area contributed by atoms with Crippen molar-refractivity contribution in [3.8, 4) is 11.3 Å². The van der Waals surface area contributed by atoms with Gasteiger partial charge in [0, 0.05) is 21.0 Å². The number of hydrogen-bond acceptors (Lipinski definition) is 7. The number of halogens is 1. The minimum Gasteiger partial charge on any atom is -0.400 e. The number of aromatic nitrogens is 2. The number of furan rings is 1. The van der Waals surface area contributed by atoms with Crippen molar-refractivity contribution >= 4 is 50.8 Å². The molecule has 9 nitrogen and oxygen atoms in total. The van der Waals surface area contributed by atoms with Crippen LogP contribution in [0.1, 0.15) is 16.1 Å². The summed E-state index contributed by atoms with van der Waals surface area (Å²) in [7, 11) is 0. The maximum Gasteiger partial charge on any atom is 0.433 e. The molecule has 0 saturated carbocycles. The highest BCUT2D eigenvalue weighted by molar-refractivity contribution is 9.10. The first-order chi connectivity index (χ1) is 17.5. The second kappa shape index (κ2) is 9.88. The van der Waals surface area contributed by atoms with Gasteiger partial charge in [-0.1, -0.05) is 64.5 Å². The van der Waals surface area contributed by atoms with Crippen molar-refractivity contribution in [3.05, 3.63) is 117 Å². The summed E-state index contributed by atoms with van der Waals surface area (Å²) in [5.41, 5.74) is 2.42. The van der Waals surface area contributed by atoms with Crippen molar-refractivity contribution in [2.45, 2.75) is 0 Å². The van der Waals surface area contributed by atoms with Crippen LogP contribution in [0.2, 0.25) is 0 Å². The number of benzene rings is 3. The topological polar surface area (TPSA) is 115 Å². The van der Waals surface area contributed by atoms with Gasteiger partial charge in [-0.3, -0.25) is 14.9 Å². The second-order valence-electron chi connectivity index (χ2n) is 7.56. The quantitative estimate of drug-likeness (QED) is 0.143. The average molecular weight is 542 g/mol. The summed E-state index contributed by atoms with van der Waals surface area (Å²) in [6.07, 6.45) is 1.21. The minimum absolute atomic E-state index is 0.0369. The van der Waals surface area contributed by atoms with Crippen LogP contribution in [0.25, 0.3) is 22.2 Å². The first-order valence-electron chi connectivity index (χ1n) is 10.7. The number of nitro groups is 1. The lowest BCUT2D eigenvalue weighted by Gasteiger charge is -2.17. The van der Waals surface area contributed by atoms with Crippen LogP contribution in [0.5, 0.6) is 0 Å². The Bertz CT molecular complexity index is 1600. The van der Waals surface area contributed by atoms with Crippen molar-refractivity contribution in [1.82, 2.24) is 9.97 Å². The number of anilines is 1. The number of carbonyl (C=O) groups excluding carboxylic acids is 1. The van der Waals surface area contributed by atoms with Gasteiger partial charge in [0.15, 0.2) is 5.76 Å². The minimum atomic E-state index is -0.652. The molecular formula is C26H16BrN5O4. The van der Waals surface area contributed by atoms with Gasteiger partial charge in [-0.15, -0.1) is 0 Å². The van der Waals surface area contributed by atoms with Gasteiger partial charge in [-0.25, -0.2) is 9.97 Å². The second-order valence-corrected chi connectivity index (χ2v) is 8.48. The van der Waals surface area contributed by atoms with E-state index >= 15 is 0 Å². The summed E-state index contributed by atoms with van der Waals surface area (Å²) < 4.78 is 6.02. The van der Waals surface area contributed by atoms with Gasteiger partial charge in [-0.2, -0.15) is 10.1 Å². The molecular weight excluding hydrogens is 526 g/mol. The third kappa shape index (κ3) is 4.75. The molecule has 2 heterocycles. The van der Waals surface area contributed by atoms with Crippen molar-refractivity contribution < 1.29 is 14.1 Å². The first-order valence-corrected chi connectivity index (χ1v) is 11.5. The molecule has 0 aliphatic carbocycles. The van der Waals surface area contributed by atoms with Crippen LogP contribution in [0.3, 0.4) is 0 Å². The molecule has 0 aliphatic rings. The van der Waals surface area contributed by atoms with Gasteiger partial charge in [0.1, 0.15) is 4.92 Å². The summed E-state index contributed by atoms with van der Waals surface area (Å²) in [6, 6.07) is 26.3. The summed E-state index contributed by atoms with van der Waals surface area (Å²) in [5.74, 6) is -0.782. The van der Waals surface area contributed by atoms with Gasteiger partial charge in [0.2, 0.25) is 0 Å². The molecule has 36 heavy (non-hydrogen) atoms. The molecule has 5 aromatic rings. The Kier molecular flexibility index (Phi) is 6.33. The van der Waals surface area contributed by atoms with Gasteiger partial charge < -0.3 is 4.42 Å². The number of rotatable bonds is 6. The van der Waals surface area contributed by atoms with Gasteiger partial charge in [0.05, 0.1) is 23.5 Å². The van der Waals surface area contributed by atoms with Crippen LogP contribution in [0.4, 0.5) is 11.8 Å². The number of nitrogens with zero attached hydrogens (tertiary/aromatic N) is 5. The Morgan fingerprint density at radius 3 is 2.39 bits per heavy atom. The molecule has 0 aliphatic heterocycles. The van der Waals surface area contributed by atoms with Crippen molar-refractivity contribution in [2.75, 3.05) is 5.01 Å². The largest absolute Gasteiger partial charge is 0.433 e. The van der Waals surface area contributed by atoms with Gasteiger partial charge in [-0.05, 0) is 36.4 Å². The summed E-state index contributed by atoms with van der Waals surface area (Å²) in [6.45, 7) is 0. The molecule has 1 amide bonds. The Morgan fingerprint density at radius 1 is 0.972 bits per heavy atom. The average Bonchev–Trinajstić information content (AvgIpc) is 3.39. The van der Waals surface area contributed by atoms with Crippen molar-refractivity contribution in [3.63, 3.8) is 0 Å². The normalized spacial score (nSPS) is 11.1. The van der Waals surface area contributed by atoms with E-state index in [4.69, 9.17) is 9.40 Å². The Balaban J connectivity index is 1.67.